The van der Waals surface area contributed by atoms with E-state index in [0.29, 0.717) is 0 Å². The van der Waals surface area contributed by atoms with Gasteiger partial charge in [-0.3, -0.25) is 0 Å². The number of alkyl halides is 3. The molecule has 0 bridgehead atoms. The van der Waals surface area contributed by atoms with Crippen LogP contribution in [0, 0.1) is 28.6 Å². The summed E-state index contributed by atoms with van der Waals surface area (Å²) < 4.78 is 76.8. The highest BCUT2D eigenvalue weighted by molar-refractivity contribution is 7.97. The highest BCUT2D eigenvalue weighted by Crippen LogP contribution is 2.36. The van der Waals surface area contributed by atoms with Crippen LogP contribution in [0.25, 0.3) is 0 Å². The van der Waals surface area contributed by atoms with Crippen LogP contribution in [0.15, 0.2) is 57.5 Å². The first kappa shape index (κ1) is 23.1. The first-order valence-corrected chi connectivity index (χ1v) is 9.95. The number of rotatable bonds is 4. The summed E-state index contributed by atoms with van der Waals surface area (Å²) in [6, 6.07) is 3.05. The van der Waals surface area contributed by atoms with Crippen molar-refractivity contribution in [3.63, 3.8) is 0 Å². The largest absolute Gasteiger partial charge is 0.457 e. The lowest BCUT2D eigenvalue weighted by atomic mass is 10.0. The highest BCUT2D eigenvalue weighted by atomic mass is 32.2. The molecule has 1 aliphatic carbocycles. The molecule has 1 aliphatic rings. The molecule has 1 N–H and O–H groups in total. The Morgan fingerprint density at radius 2 is 2.03 bits per heavy atom. The SMILES string of the molecule is C=C1CC(F)(F)[C@@H](O)C/C(S(=O)(CF)=NC#N)=C\C=C1Oc1cc(F)cc(C#N)c1. The van der Waals surface area contributed by atoms with Gasteiger partial charge in [-0.05, 0) is 29.9 Å². The summed E-state index contributed by atoms with van der Waals surface area (Å²) in [5.41, 5.74) is -0.396. The van der Waals surface area contributed by atoms with Crippen LogP contribution in [-0.4, -0.2) is 27.3 Å². The summed E-state index contributed by atoms with van der Waals surface area (Å²) >= 11 is 0. The van der Waals surface area contributed by atoms with Crippen LogP contribution >= 0.6 is 0 Å². The molecule has 0 saturated carbocycles. The summed E-state index contributed by atoms with van der Waals surface area (Å²) in [5.74, 6) is -5.12. The maximum absolute atomic E-state index is 14.4. The van der Waals surface area contributed by atoms with Crippen LogP contribution in [0.1, 0.15) is 18.4 Å². The van der Waals surface area contributed by atoms with E-state index in [-0.39, 0.29) is 22.6 Å². The van der Waals surface area contributed by atoms with Crippen molar-refractivity contribution in [3.8, 4) is 18.0 Å². The molecule has 6 nitrogen and oxygen atoms in total. The minimum Gasteiger partial charge on any atom is -0.457 e. The van der Waals surface area contributed by atoms with E-state index in [4.69, 9.17) is 15.3 Å². The van der Waals surface area contributed by atoms with Gasteiger partial charge >= 0.3 is 0 Å². The van der Waals surface area contributed by atoms with E-state index in [1.807, 2.05) is 0 Å². The molecule has 158 valence electrons. The Labute approximate surface area is 170 Å². The van der Waals surface area contributed by atoms with Gasteiger partial charge in [-0.15, -0.1) is 4.36 Å². The zero-order valence-electron chi connectivity index (χ0n) is 15.3. The predicted octanol–water partition coefficient (Wildman–Crippen LogP) is 4.07. The van der Waals surface area contributed by atoms with Gasteiger partial charge in [-0.1, -0.05) is 6.58 Å². The summed E-state index contributed by atoms with van der Waals surface area (Å²) in [7, 11) is -4.02. The number of allylic oxidation sites excluding steroid dienone is 3. The van der Waals surface area contributed by atoms with E-state index in [1.165, 1.54) is 6.19 Å². The van der Waals surface area contributed by atoms with Crippen LogP contribution in [0.2, 0.25) is 0 Å². The van der Waals surface area contributed by atoms with Gasteiger partial charge in [0.15, 0.2) is 6.01 Å². The number of nitrogens with zero attached hydrogens (tertiary/aromatic N) is 3. The second-order valence-electron chi connectivity index (χ2n) is 6.26. The Bertz CT molecular complexity index is 1120. The van der Waals surface area contributed by atoms with Gasteiger partial charge in [-0.25, -0.2) is 21.8 Å². The number of nitriles is 2. The minimum absolute atomic E-state index is 0.0930. The maximum Gasteiger partial charge on any atom is 0.277 e. The molecule has 2 rings (SSSR count). The molecule has 0 heterocycles. The molecule has 0 fully saturated rings. The predicted molar refractivity (Wildman–Crippen MR) is 99.4 cm³/mol. The number of hydrogen-bond acceptors (Lipinski definition) is 6. The Hall–Kier alpha value is -3.15. The summed E-state index contributed by atoms with van der Waals surface area (Å²) in [5, 5.41) is 27.5. The quantitative estimate of drug-likeness (QED) is 0.560. The smallest absolute Gasteiger partial charge is 0.277 e. The van der Waals surface area contributed by atoms with E-state index in [0.717, 1.165) is 30.4 Å². The molecule has 0 aliphatic heterocycles. The van der Waals surface area contributed by atoms with Gasteiger partial charge in [-0.2, -0.15) is 10.5 Å². The van der Waals surface area contributed by atoms with Crippen molar-refractivity contribution >= 4 is 9.73 Å². The average molecular weight is 441 g/mol. The lowest BCUT2D eigenvalue weighted by molar-refractivity contribution is -0.105. The lowest BCUT2D eigenvalue weighted by Gasteiger charge is -2.24. The number of ether oxygens (including phenoxy) is 1. The summed E-state index contributed by atoms with van der Waals surface area (Å²) in [4.78, 5) is -0.536. The average Bonchev–Trinajstić information content (AvgIpc) is 2.71. The molecule has 30 heavy (non-hydrogen) atoms. The van der Waals surface area contributed by atoms with Crippen LogP contribution in [0.4, 0.5) is 17.6 Å². The van der Waals surface area contributed by atoms with Gasteiger partial charge in [0.05, 0.1) is 11.6 Å². The monoisotopic (exact) mass is 441 g/mol. The molecule has 0 aromatic heterocycles. The van der Waals surface area contributed by atoms with Gasteiger partial charge in [0.2, 0.25) is 6.19 Å². The normalized spacial score (nSPS) is 22.5. The first-order valence-electron chi connectivity index (χ1n) is 8.27. The van der Waals surface area contributed by atoms with E-state index in [2.05, 4.69) is 10.9 Å². The van der Waals surface area contributed by atoms with Crippen LogP contribution in [0.3, 0.4) is 0 Å². The van der Waals surface area contributed by atoms with E-state index in [1.54, 1.807) is 6.07 Å². The molecule has 2 atom stereocenters. The fraction of sp³-hybridized carbons (Fsp3) is 0.263. The molecular formula is C19H15F4N3O3S. The van der Waals surface area contributed by atoms with E-state index >= 15 is 0 Å². The summed E-state index contributed by atoms with van der Waals surface area (Å²) in [6.07, 6.45) is -1.21. The van der Waals surface area contributed by atoms with Crippen molar-refractivity contribution in [2.45, 2.75) is 24.9 Å². The Morgan fingerprint density at radius 3 is 2.63 bits per heavy atom. The Morgan fingerprint density at radius 1 is 1.33 bits per heavy atom. The third kappa shape index (κ3) is 5.26. The molecule has 0 amide bonds. The van der Waals surface area contributed by atoms with Crippen molar-refractivity contribution in [1.82, 2.24) is 0 Å². The maximum atomic E-state index is 14.4. The van der Waals surface area contributed by atoms with Crippen molar-refractivity contribution in [2.24, 2.45) is 4.36 Å². The lowest BCUT2D eigenvalue weighted by Crippen LogP contribution is -2.35. The van der Waals surface area contributed by atoms with Crippen molar-refractivity contribution in [2.75, 3.05) is 6.01 Å². The third-order valence-electron chi connectivity index (χ3n) is 4.07. The van der Waals surface area contributed by atoms with Crippen molar-refractivity contribution < 1.29 is 31.6 Å². The standard InChI is InChI=1S/C19H15F4N3O3S/c1-12-8-19(22,23)18(27)7-16(30(28,10-20)26-11-25)2-3-17(12)29-15-5-13(9-24)4-14(21)6-15/h2-6,18,27H,1,7-8,10H2/b16-2+,17-3?/t18-,30?/m0/s1. The second kappa shape index (κ2) is 9.11. The van der Waals surface area contributed by atoms with Gasteiger partial charge in [0.25, 0.3) is 5.92 Å². The number of hydrogen-bond donors (Lipinski definition) is 1. The number of benzene rings is 1. The number of aliphatic hydroxyl groups is 1. The molecule has 1 unspecified atom stereocenters. The Kier molecular flexibility index (Phi) is 7.03. The van der Waals surface area contributed by atoms with Crippen molar-refractivity contribution in [1.29, 1.82) is 10.5 Å². The highest BCUT2D eigenvalue weighted by Gasteiger charge is 2.41. The zero-order chi connectivity index (χ0) is 22.5. The fourth-order valence-electron chi connectivity index (χ4n) is 2.56. The molecule has 11 heteroatoms. The van der Waals surface area contributed by atoms with Crippen LogP contribution < -0.4 is 4.74 Å². The topological polar surface area (TPSA) is 106 Å². The van der Waals surface area contributed by atoms with Gasteiger partial charge < -0.3 is 9.84 Å². The number of halogens is 4. The molecular weight excluding hydrogens is 426 g/mol. The summed E-state index contributed by atoms with van der Waals surface area (Å²) in [6.45, 7) is 3.48. The zero-order valence-corrected chi connectivity index (χ0v) is 16.1. The molecule has 0 saturated heterocycles. The minimum atomic E-state index is -4.02. The molecule has 1 aromatic rings. The second-order valence-corrected chi connectivity index (χ2v) is 8.46. The van der Waals surface area contributed by atoms with E-state index in [9.17, 15) is 26.9 Å². The third-order valence-corrected chi connectivity index (χ3v) is 5.87. The van der Waals surface area contributed by atoms with Gasteiger partial charge in [0.1, 0.15) is 33.2 Å². The van der Waals surface area contributed by atoms with Crippen molar-refractivity contribution in [3.05, 3.63) is 64.5 Å². The first-order chi connectivity index (χ1) is 14.0. The molecule has 1 aromatic carbocycles. The van der Waals surface area contributed by atoms with E-state index < -0.39 is 51.3 Å². The van der Waals surface area contributed by atoms with Crippen LogP contribution in [0.5, 0.6) is 5.75 Å². The number of aliphatic hydroxyl groups excluding tert-OH is 1. The molecule has 0 spiro atoms. The van der Waals surface area contributed by atoms with Gasteiger partial charge in [0, 0.05) is 23.8 Å². The molecule has 0 radical (unpaired) electrons. The fourth-order valence-corrected chi connectivity index (χ4v) is 3.70. The van der Waals surface area contributed by atoms with Crippen LogP contribution in [-0.2, 0) is 9.73 Å². The Balaban J connectivity index is 2.61.